The summed E-state index contributed by atoms with van der Waals surface area (Å²) in [5, 5.41) is 0.264. The van der Waals surface area contributed by atoms with Gasteiger partial charge < -0.3 is 10.6 Å². The number of amides is 1. The SMILES string of the molecule is CC1CN2CCCC2CN1C(=O)c1cc(N)nc(Cl)c1. The largest absolute Gasteiger partial charge is 0.384 e. The number of halogens is 1. The molecular weight excluding hydrogens is 276 g/mol. The van der Waals surface area contributed by atoms with E-state index in [1.807, 2.05) is 4.90 Å². The fourth-order valence-electron chi connectivity index (χ4n) is 3.28. The summed E-state index contributed by atoms with van der Waals surface area (Å²) in [6.07, 6.45) is 2.41. The van der Waals surface area contributed by atoms with Gasteiger partial charge in [0.15, 0.2) is 0 Å². The second-order valence-corrected chi connectivity index (χ2v) is 6.09. The van der Waals surface area contributed by atoms with Crippen molar-refractivity contribution < 1.29 is 4.79 Å². The number of hydrogen-bond acceptors (Lipinski definition) is 4. The first-order chi connectivity index (χ1) is 9.54. The molecular formula is C14H19ClN4O. The molecule has 0 bridgehead atoms. The number of anilines is 1. The van der Waals surface area contributed by atoms with Crippen molar-refractivity contribution in [2.75, 3.05) is 25.4 Å². The minimum atomic E-state index is 0.0000463. The summed E-state index contributed by atoms with van der Waals surface area (Å²) in [4.78, 5) is 21.0. The van der Waals surface area contributed by atoms with Crippen LogP contribution >= 0.6 is 11.6 Å². The number of aromatic nitrogens is 1. The Morgan fingerprint density at radius 1 is 1.45 bits per heavy atom. The third kappa shape index (κ3) is 2.47. The van der Waals surface area contributed by atoms with Gasteiger partial charge in [-0.25, -0.2) is 4.98 Å². The maximum atomic E-state index is 12.7. The Hall–Kier alpha value is -1.33. The van der Waals surface area contributed by atoms with Gasteiger partial charge in [-0.2, -0.15) is 0 Å². The molecule has 0 aliphatic carbocycles. The highest BCUT2D eigenvalue weighted by Crippen LogP contribution is 2.26. The Morgan fingerprint density at radius 2 is 2.25 bits per heavy atom. The van der Waals surface area contributed by atoms with Crippen LogP contribution in [-0.4, -0.2) is 52.4 Å². The highest BCUT2D eigenvalue weighted by atomic mass is 35.5. The van der Waals surface area contributed by atoms with Crippen molar-refractivity contribution in [2.45, 2.75) is 31.8 Å². The summed E-state index contributed by atoms with van der Waals surface area (Å²) >= 11 is 5.89. The zero-order chi connectivity index (χ0) is 14.3. The lowest BCUT2D eigenvalue weighted by molar-refractivity contribution is 0.0395. The molecule has 6 heteroatoms. The van der Waals surface area contributed by atoms with Crippen molar-refractivity contribution in [2.24, 2.45) is 0 Å². The van der Waals surface area contributed by atoms with Crippen LogP contribution < -0.4 is 5.73 Å². The van der Waals surface area contributed by atoms with Gasteiger partial charge in [0.25, 0.3) is 5.91 Å². The third-order valence-electron chi connectivity index (χ3n) is 4.26. The van der Waals surface area contributed by atoms with Gasteiger partial charge in [-0.3, -0.25) is 9.69 Å². The Kier molecular flexibility index (Phi) is 3.56. The number of pyridine rings is 1. The Labute approximate surface area is 123 Å². The van der Waals surface area contributed by atoms with Crippen LogP contribution in [0.1, 0.15) is 30.1 Å². The van der Waals surface area contributed by atoms with E-state index in [9.17, 15) is 4.79 Å². The molecule has 2 aliphatic rings. The number of nitrogen functional groups attached to an aromatic ring is 1. The van der Waals surface area contributed by atoms with Gasteiger partial charge in [0, 0.05) is 30.7 Å². The molecule has 0 radical (unpaired) electrons. The minimum Gasteiger partial charge on any atom is -0.384 e. The first kappa shape index (κ1) is 13.6. The van der Waals surface area contributed by atoms with E-state index in [4.69, 9.17) is 17.3 Å². The van der Waals surface area contributed by atoms with E-state index in [0.717, 1.165) is 19.6 Å². The van der Waals surface area contributed by atoms with E-state index in [1.165, 1.54) is 12.8 Å². The van der Waals surface area contributed by atoms with E-state index in [-0.39, 0.29) is 22.9 Å². The van der Waals surface area contributed by atoms with E-state index >= 15 is 0 Å². The number of piperazine rings is 1. The van der Waals surface area contributed by atoms with Crippen LogP contribution in [0.4, 0.5) is 5.82 Å². The Bertz CT molecular complexity index is 516. The van der Waals surface area contributed by atoms with E-state index in [1.54, 1.807) is 12.1 Å². The molecule has 2 aliphatic heterocycles. The number of nitrogens with two attached hydrogens (primary N) is 1. The van der Waals surface area contributed by atoms with Gasteiger partial charge in [0.1, 0.15) is 11.0 Å². The smallest absolute Gasteiger partial charge is 0.254 e. The first-order valence-corrected chi connectivity index (χ1v) is 7.40. The zero-order valence-corrected chi connectivity index (χ0v) is 12.3. The van der Waals surface area contributed by atoms with Gasteiger partial charge in [-0.1, -0.05) is 11.6 Å². The Morgan fingerprint density at radius 3 is 3.00 bits per heavy atom. The molecule has 0 saturated carbocycles. The van der Waals surface area contributed by atoms with Crippen LogP contribution in [0.2, 0.25) is 5.15 Å². The fourth-order valence-corrected chi connectivity index (χ4v) is 3.49. The lowest BCUT2D eigenvalue weighted by atomic mass is 10.1. The topological polar surface area (TPSA) is 62.5 Å². The molecule has 0 spiro atoms. The van der Waals surface area contributed by atoms with Crippen molar-refractivity contribution in [1.82, 2.24) is 14.8 Å². The number of rotatable bonds is 1. The van der Waals surface area contributed by atoms with Crippen molar-refractivity contribution in [3.63, 3.8) is 0 Å². The summed E-state index contributed by atoms with van der Waals surface area (Å²) in [5.74, 6) is 0.285. The van der Waals surface area contributed by atoms with Crippen molar-refractivity contribution in [3.8, 4) is 0 Å². The average molecular weight is 295 g/mol. The number of carbonyl (C=O) groups excluding carboxylic acids is 1. The molecule has 1 aromatic rings. The number of hydrogen-bond donors (Lipinski definition) is 1. The molecule has 1 amide bonds. The molecule has 2 saturated heterocycles. The highest BCUT2D eigenvalue weighted by Gasteiger charge is 2.36. The standard InChI is InChI=1S/C14H19ClN4O/c1-9-7-18-4-2-3-11(18)8-19(9)14(20)10-5-12(15)17-13(16)6-10/h5-6,9,11H,2-4,7-8H2,1H3,(H2,16,17). The molecule has 3 rings (SSSR count). The lowest BCUT2D eigenvalue weighted by Gasteiger charge is -2.42. The molecule has 0 aromatic carbocycles. The van der Waals surface area contributed by atoms with Gasteiger partial charge in [0.2, 0.25) is 0 Å². The van der Waals surface area contributed by atoms with Gasteiger partial charge in [-0.15, -0.1) is 0 Å². The lowest BCUT2D eigenvalue weighted by Crippen LogP contribution is -2.56. The summed E-state index contributed by atoms with van der Waals surface area (Å²) < 4.78 is 0. The highest BCUT2D eigenvalue weighted by molar-refractivity contribution is 6.29. The van der Waals surface area contributed by atoms with E-state index < -0.39 is 0 Å². The van der Waals surface area contributed by atoms with Gasteiger partial charge >= 0.3 is 0 Å². The van der Waals surface area contributed by atoms with E-state index in [2.05, 4.69) is 16.8 Å². The monoisotopic (exact) mass is 294 g/mol. The van der Waals surface area contributed by atoms with Gasteiger partial charge in [0.05, 0.1) is 0 Å². The number of nitrogens with zero attached hydrogens (tertiary/aromatic N) is 3. The second kappa shape index (κ2) is 5.22. The maximum Gasteiger partial charge on any atom is 0.254 e. The molecule has 1 aromatic heterocycles. The summed E-state index contributed by atoms with van der Waals surface area (Å²) in [7, 11) is 0. The van der Waals surface area contributed by atoms with Gasteiger partial charge in [-0.05, 0) is 38.4 Å². The predicted molar refractivity (Wildman–Crippen MR) is 78.8 cm³/mol. The normalized spacial score (nSPS) is 26.6. The summed E-state index contributed by atoms with van der Waals surface area (Å²) in [5.41, 5.74) is 6.20. The molecule has 2 unspecified atom stereocenters. The molecule has 2 fully saturated rings. The maximum absolute atomic E-state index is 12.7. The molecule has 20 heavy (non-hydrogen) atoms. The molecule has 3 heterocycles. The van der Waals surface area contributed by atoms with Crippen LogP contribution in [0.15, 0.2) is 12.1 Å². The van der Waals surface area contributed by atoms with Crippen LogP contribution in [0, 0.1) is 0 Å². The number of carbonyl (C=O) groups is 1. The zero-order valence-electron chi connectivity index (χ0n) is 11.6. The molecule has 5 nitrogen and oxygen atoms in total. The van der Waals surface area contributed by atoms with Crippen LogP contribution in [-0.2, 0) is 0 Å². The van der Waals surface area contributed by atoms with Crippen LogP contribution in [0.25, 0.3) is 0 Å². The predicted octanol–water partition coefficient (Wildman–Crippen LogP) is 1.63. The van der Waals surface area contributed by atoms with Crippen molar-refractivity contribution >= 4 is 23.3 Å². The molecule has 2 atom stereocenters. The van der Waals surface area contributed by atoms with Crippen molar-refractivity contribution in [3.05, 3.63) is 22.8 Å². The third-order valence-corrected chi connectivity index (χ3v) is 4.45. The number of fused-ring (bicyclic) bond motifs is 1. The minimum absolute atomic E-state index is 0.0000463. The average Bonchev–Trinajstić information content (AvgIpc) is 2.82. The fraction of sp³-hybridized carbons (Fsp3) is 0.571. The van der Waals surface area contributed by atoms with Crippen LogP contribution in [0.3, 0.4) is 0 Å². The molecule has 2 N–H and O–H groups in total. The quantitative estimate of drug-likeness (QED) is 0.800. The molecule has 108 valence electrons. The summed E-state index contributed by atoms with van der Waals surface area (Å²) in [6, 6.07) is 3.91. The summed E-state index contributed by atoms with van der Waals surface area (Å²) in [6.45, 7) is 4.99. The first-order valence-electron chi connectivity index (χ1n) is 7.02. The second-order valence-electron chi connectivity index (χ2n) is 5.70. The van der Waals surface area contributed by atoms with E-state index in [0.29, 0.717) is 11.6 Å². The Balaban J connectivity index is 1.82. The van der Waals surface area contributed by atoms with Crippen LogP contribution in [0.5, 0.6) is 0 Å². The van der Waals surface area contributed by atoms with Crippen molar-refractivity contribution in [1.29, 1.82) is 0 Å².